The molecule has 10 heteroatoms. The molecule has 6 aromatic rings. The van der Waals surface area contributed by atoms with Crippen LogP contribution < -0.4 is 5.32 Å². The molecule has 0 radical (unpaired) electrons. The van der Waals surface area contributed by atoms with Gasteiger partial charge in [0, 0.05) is 41.8 Å². The summed E-state index contributed by atoms with van der Waals surface area (Å²) < 4.78 is 1.96. The third-order valence-electron chi connectivity index (χ3n) is 5.52. The Morgan fingerprint density at radius 2 is 1.97 bits per heavy atom. The molecule has 168 valence electrons. The lowest BCUT2D eigenvalue weighted by Crippen LogP contribution is -2.09. The minimum Gasteiger partial charge on any atom is -0.382 e. The summed E-state index contributed by atoms with van der Waals surface area (Å²) in [5, 5.41) is 11.9. The Morgan fingerprint density at radius 1 is 1.06 bits per heavy atom. The number of hydrogen-bond donors (Lipinski definition) is 3. The maximum atomic E-state index is 4.72. The zero-order valence-corrected chi connectivity index (χ0v) is 18.9. The number of anilines is 1. The van der Waals surface area contributed by atoms with Crippen molar-refractivity contribution in [1.82, 2.24) is 44.7 Å². The average molecular weight is 451 g/mol. The molecule has 0 fully saturated rings. The van der Waals surface area contributed by atoms with Gasteiger partial charge in [-0.05, 0) is 39.0 Å². The lowest BCUT2D eigenvalue weighted by atomic mass is 10.1. The summed E-state index contributed by atoms with van der Waals surface area (Å²) in [6, 6.07) is 6.29. The van der Waals surface area contributed by atoms with E-state index in [4.69, 9.17) is 4.98 Å². The van der Waals surface area contributed by atoms with Crippen molar-refractivity contribution in [2.75, 3.05) is 5.32 Å². The molecular formula is C24H22N10. The van der Waals surface area contributed by atoms with Crippen LogP contribution >= 0.6 is 0 Å². The van der Waals surface area contributed by atoms with Gasteiger partial charge in [-0.15, -0.1) is 0 Å². The Hall–Kier alpha value is -4.60. The highest BCUT2D eigenvalue weighted by Crippen LogP contribution is 2.30. The van der Waals surface area contributed by atoms with E-state index >= 15 is 0 Å². The number of rotatable bonds is 5. The van der Waals surface area contributed by atoms with Crippen molar-refractivity contribution >= 4 is 27.8 Å². The molecule has 0 atom stereocenters. The first-order valence-electron chi connectivity index (χ1n) is 11.0. The average Bonchev–Trinajstić information content (AvgIpc) is 3.55. The zero-order chi connectivity index (χ0) is 23.2. The van der Waals surface area contributed by atoms with E-state index in [0.29, 0.717) is 23.2 Å². The second-order valence-electron chi connectivity index (χ2n) is 8.49. The van der Waals surface area contributed by atoms with E-state index in [9.17, 15) is 0 Å². The highest BCUT2D eigenvalue weighted by Gasteiger charge is 2.17. The fourth-order valence-electron chi connectivity index (χ4n) is 4.03. The van der Waals surface area contributed by atoms with Gasteiger partial charge in [-0.2, -0.15) is 5.10 Å². The van der Waals surface area contributed by atoms with Crippen molar-refractivity contribution in [3.8, 4) is 28.5 Å². The lowest BCUT2D eigenvalue weighted by molar-refractivity contribution is 0.898. The molecule has 0 saturated heterocycles. The smallest absolute Gasteiger partial charge is 0.180 e. The zero-order valence-electron chi connectivity index (χ0n) is 18.9. The van der Waals surface area contributed by atoms with Crippen molar-refractivity contribution in [1.29, 1.82) is 0 Å². The number of hydrogen-bond acceptors (Lipinski definition) is 7. The van der Waals surface area contributed by atoms with E-state index in [2.05, 4.69) is 54.3 Å². The van der Waals surface area contributed by atoms with Gasteiger partial charge in [0.15, 0.2) is 11.5 Å². The van der Waals surface area contributed by atoms with Crippen LogP contribution in [0.25, 0.3) is 50.5 Å². The molecular weight excluding hydrogens is 428 g/mol. The van der Waals surface area contributed by atoms with E-state index in [0.717, 1.165) is 44.7 Å². The van der Waals surface area contributed by atoms with E-state index in [1.165, 1.54) is 0 Å². The first kappa shape index (κ1) is 20.0. The van der Waals surface area contributed by atoms with Gasteiger partial charge in [-0.25, -0.2) is 15.0 Å². The largest absolute Gasteiger partial charge is 0.382 e. The first-order chi connectivity index (χ1) is 16.5. The van der Waals surface area contributed by atoms with Crippen LogP contribution in [0.2, 0.25) is 0 Å². The van der Waals surface area contributed by atoms with Gasteiger partial charge in [-0.1, -0.05) is 0 Å². The fraction of sp³-hybridized carbons (Fsp3) is 0.167. The van der Waals surface area contributed by atoms with Crippen molar-refractivity contribution in [2.45, 2.75) is 26.8 Å². The lowest BCUT2D eigenvalue weighted by Gasteiger charge is -2.10. The summed E-state index contributed by atoms with van der Waals surface area (Å²) in [6.07, 6.45) is 10.9. The molecule has 10 nitrogen and oxygen atoms in total. The number of nitrogens with zero attached hydrogens (tertiary/aromatic N) is 7. The minimum absolute atomic E-state index is 0.311. The van der Waals surface area contributed by atoms with Crippen LogP contribution in [0, 0.1) is 6.92 Å². The summed E-state index contributed by atoms with van der Waals surface area (Å²) in [5.74, 6) is 0.628. The Bertz CT molecular complexity index is 1640. The van der Waals surface area contributed by atoms with Crippen molar-refractivity contribution in [3.63, 3.8) is 0 Å². The van der Waals surface area contributed by atoms with Crippen molar-refractivity contribution in [3.05, 3.63) is 61.2 Å². The first-order valence-corrected chi connectivity index (χ1v) is 11.0. The quantitative estimate of drug-likeness (QED) is 0.358. The SMILES string of the molecule is Cc1cn(-c2ccnc3nc(-c4n[nH]c5cnc(-c6cncc(NC(C)C)c6)cc45)[nH]c23)cn1. The Balaban J connectivity index is 1.45. The van der Waals surface area contributed by atoms with E-state index in [-0.39, 0.29) is 0 Å². The Morgan fingerprint density at radius 3 is 2.79 bits per heavy atom. The second-order valence-corrected chi connectivity index (χ2v) is 8.49. The van der Waals surface area contributed by atoms with Gasteiger partial charge in [0.25, 0.3) is 0 Å². The van der Waals surface area contributed by atoms with Crippen LogP contribution in [0.5, 0.6) is 0 Å². The van der Waals surface area contributed by atoms with Crippen molar-refractivity contribution in [2.24, 2.45) is 0 Å². The predicted octanol–water partition coefficient (Wildman–Crippen LogP) is 4.27. The highest BCUT2D eigenvalue weighted by molar-refractivity contribution is 5.95. The molecule has 6 heterocycles. The molecule has 0 amide bonds. The molecule has 0 aliphatic carbocycles. The van der Waals surface area contributed by atoms with Gasteiger partial charge in [-0.3, -0.25) is 15.1 Å². The molecule has 0 saturated carbocycles. The summed E-state index contributed by atoms with van der Waals surface area (Å²) in [5.41, 5.74) is 7.49. The summed E-state index contributed by atoms with van der Waals surface area (Å²) in [4.78, 5) is 25.9. The molecule has 0 unspecified atom stereocenters. The van der Waals surface area contributed by atoms with Gasteiger partial charge in [0.05, 0.1) is 40.8 Å². The molecule has 0 spiro atoms. The summed E-state index contributed by atoms with van der Waals surface area (Å²) >= 11 is 0. The van der Waals surface area contributed by atoms with Crippen LogP contribution in [0.4, 0.5) is 5.69 Å². The van der Waals surface area contributed by atoms with Crippen LogP contribution in [0.3, 0.4) is 0 Å². The number of H-pyrrole nitrogens is 2. The summed E-state index contributed by atoms with van der Waals surface area (Å²) in [7, 11) is 0. The molecule has 6 rings (SSSR count). The van der Waals surface area contributed by atoms with Gasteiger partial charge < -0.3 is 14.9 Å². The van der Waals surface area contributed by atoms with E-state index < -0.39 is 0 Å². The van der Waals surface area contributed by atoms with Gasteiger partial charge in [0.1, 0.15) is 11.2 Å². The topological polar surface area (TPSA) is 126 Å². The maximum Gasteiger partial charge on any atom is 0.180 e. The number of fused-ring (bicyclic) bond motifs is 2. The molecule has 0 aliphatic rings. The molecule has 34 heavy (non-hydrogen) atoms. The van der Waals surface area contributed by atoms with Crippen LogP contribution in [0.1, 0.15) is 19.5 Å². The predicted molar refractivity (Wildman–Crippen MR) is 131 cm³/mol. The Kier molecular flexibility index (Phi) is 4.58. The van der Waals surface area contributed by atoms with Crippen LogP contribution in [-0.2, 0) is 0 Å². The number of nitrogens with one attached hydrogen (secondary N) is 3. The molecule has 3 N–H and O–H groups in total. The monoisotopic (exact) mass is 450 g/mol. The maximum absolute atomic E-state index is 4.72. The van der Waals surface area contributed by atoms with Crippen LogP contribution in [-0.4, -0.2) is 50.7 Å². The van der Waals surface area contributed by atoms with E-state index in [1.54, 1.807) is 18.7 Å². The second kappa shape index (κ2) is 7.77. The van der Waals surface area contributed by atoms with E-state index in [1.807, 2.05) is 48.3 Å². The molecule has 0 aliphatic heterocycles. The summed E-state index contributed by atoms with van der Waals surface area (Å²) in [6.45, 7) is 6.14. The standard InChI is InChI=1S/C24H22N10/c1-13(2)29-16-6-15(8-25-9-16)18-7-17-19(10-27-18)32-33-21(17)24-30-22-20(4-5-26-23(22)31-24)34-11-14(3)28-12-34/h4-13,29H,1-3H3,(H,32,33)(H,26,30,31). The number of aromatic amines is 2. The molecule has 0 aromatic carbocycles. The highest BCUT2D eigenvalue weighted by atomic mass is 15.2. The third kappa shape index (κ3) is 3.45. The number of aromatic nitrogens is 9. The molecule has 6 aromatic heterocycles. The Labute approximate surface area is 194 Å². The molecule has 0 bridgehead atoms. The van der Waals surface area contributed by atoms with Crippen LogP contribution in [0.15, 0.2) is 55.5 Å². The number of pyridine rings is 3. The normalized spacial score (nSPS) is 11.6. The number of imidazole rings is 2. The van der Waals surface area contributed by atoms with Gasteiger partial charge in [0.2, 0.25) is 0 Å². The van der Waals surface area contributed by atoms with Crippen molar-refractivity contribution < 1.29 is 0 Å². The minimum atomic E-state index is 0.311. The fourth-order valence-corrected chi connectivity index (χ4v) is 4.03. The van der Waals surface area contributed by atoms with Gasteiger partial charge >= 0.3 is 0 Å². The number of aryl methyl sites for hydroxylation is 1. The third-order valence-corrected chi connectivity index (χ3v) is 5.52.